The highest BCUT2D eigenvalue weighted by Crippen LogP contribution is 2.28. The van der Waals surface area contributed by atoms with Crippen molar-refractivity contribution in [2.45, 2.75) is 25.9 Å². The Labute approximate surface area is 113 Å². The lowest BCUT2D eigenvalue weighted by Crippen LogP contribution is -2.33. The molecule has 2 aromatic rings. The topological polar surface area (TPSA) is 32.3 Å². The minimum absolute atomic E-state index is 0.0351. The number of carbonyl (C=O) groups is 1. The van der Waals surface area contributed by atoms with Gasteiger partial charge < -0.3 is 10.2 Å². The third kappa shape index (κ3) is 2.05. The Morgan fingerprint density at radius 3 is 2.63 bits per heavy atom. The van der Waals surface area contributed by atoms with Crippen molar-refractivity contribution in [1.82, 2.24) is 10.2 Å². The lowest BCUT2D eigenvalue weighted by atomic mass is 9.99. The van der Waals surface area contributed by atoms with E-state index in [-0.39, 0.29) is 18.1 Å². The summed E-state index contributed by atoms with van der Waals surface area (Å²) in [5.74, 6) is 0. The normalized spacial score (nSPS) is 19.2. The highest BCUT2D eigenvalue weighted by molar-refractivity contribution is 5.87. The second-order valence-electron chi connectivity index (χ2n) is 5.32. The van der Waals surface area contributed by atoms with E-state index in [2.05, 4.69) is 35.6 Å². The van der Waals surface area contributed by atoms with Gasteiger partial charge in [-0.05, 0) is 30.2 Å². The molecule has 3 rings (SSSR count). The van der Waals surface area contributed by atoms with Gasteiger partial charge in [0, 0.05) is 12.6 Å². The maximum atomic E-state index is 12.0. The quantitative estimate of drug-likeness (QED) is 0.876. The fraction of sp³-hybridized carbons (Fsp3) is 0.312. The zero-order valence-electron chi connectivity index (χ0n) is 11.3. The van der Waals surface area contributed by atoms with Crippen LogP contribution in [0.1, 0.15) is 25.5 Å². The third-order valence-electron chi connectivity index (χ3n) is 3.76. The zero-order valence-corrected chi connectivity index (χ0v) is 11.3. The van der Waals surface area contributed by atoms with Crippen LogP contribution in [0.25, 0.3) is 10.8 Å². The number of benzene rings is 2. The van der Waals surface area contributed by atoms with Crippen molar-refractivity contribution in [3.8, 4) is 0 Å². The molecular weight excluding hydrogens is 236 g/mol. The van der Waals surface area contributed by atoms with Gasteiger partial charge in [-0.2, -0.15) is 0 Å². The van der Waals surface area contributed by atoms with Crippen LogP contribution in [0.5, 0.6) is 0 Å². The first-order valence-corrected chi connectivity index (χ1v) is 6.71. The molecule has 0 aliphatic carbocycles. The Morgan fingerprint density at radius 1 is 1.16 bits per heavy atom. The summed E-state index contributed by atoms with van der Waals surface area (Å²) in [5.41, 5.74) is 1.20. The van der Waals surface area contributed by atoms with Gasteiger partial charge in [0.1, 0.15) is 0 Å². The standard InChI is InChI=1S/C16H18N2O/c1-11(2)18-10-15(17-16(18)19)14-9-5-7-12-6-3-4-8-13(12)14/h3-9,11,15H,10H2,1-2H3,(H,17,19). The minimum Gasteiger partial charge on any atom is -0.329 e. The van der Waals surface area contributed by atoms with Gasteiger partial charge in [-0.1, -0.05) is 42.5 Å². The predicted molar refractivity (Wildman–Crippen MR) is 77.1 cm³/mol. The van der Waals surface area contributed by atoms with E-state index in [4.69, 9.17) is 0 Å². The Kier molecular flexibility index (Phi) is 2.90. The van der Waals surface area contributed by atoms with Gasteiger partial charge in [-0.15, -0.1) is 0 Å². The number of amides is 2. The van der Waals surface area contributed by atoms with Crippen LogP contribution < -0.4 is 5.32 Å². The van der Waals surface area contributed by atoms with Crippen LogP contribution in [0, 0.1) is 0 Å². The molecule has 19 heavy (non-hydrogen) atoms. The monoisotopic (exact) mass is 254 g/mol. The van der Waals surface area contributed by atoms with Crippen molar-refractivity contribution in [2.75, 3.05) is 6.54 Å². The van der Waals surface area contributed by atoms with Crippen molar-refractivity contribution in [2.24, 2.45) is 0 Å². The molecule has 1 atom stereocenters. The van der Waals surface area contributed by atoms with E-state index in [1.54, 1.807) is 0 Å². The van der Waals surface area contributed by atoms with E-state index >= 15 is 0 Å². The summed E-state index contributed by atoms with van der Waals surface area (Å²) in [6.45, 7) is 4.83. The number of nitrogens with one attached hydrogen (secondary N) is 1. The number of carbonyl (C=O) groups excluding carboxylic acids is 1. The SMILES string of the molecule is CC(C)N1CC(c2cccc3ccccc23)NC1=O. The predicted octanol–water partition coefficient (Wildman–Crippen LogP) is 3.31. The van der Waals surface area contributed by atoms with E-state index in [9.17, 15) is 4.79 Å². The Bertz CT molecular complexity index is 616. The molecule has 1 unspecified atom stereocenters. The van der Waals surface area contributed by atoms with Crippen molar-refractivity contribution in [3.05, 3.63) is 48.0 Å². The molecule has 1 fully saturated rings. The lowest BCUT2D eigenvalue weighted by molar-refractivity contribution is 0.206. The average molecular weight is 254 g/mol. The number of urea groups is 1. The maximum absolute atomic E-state index is 12.0. The summed E-state index contributed by atoms with van der Waals surface area (Å²) in [5, 5.41) is 5.52. The molecule has 0 bridgehead atoms. The first-order chi connectivity index (χ1) is 9.16. The number of hydrogen-bond acceptors (Lipinski definition) is 1. The van der Waals surface area contributed by atoms with E-state index in [0.717, 1.165) is 6.54 Å². The van der Waals surface area contributed by atoms with Crippen LogP contribution in [0.2, 0.25) is 0 Å². The van der Waals surface area contributed by atoms with Crippen LogP contribution in [0.3, 0.4) is 0 Å². The summed E-state index contributed by atoms with van der Waals surface area (Å²) in [4.78, 5) is 13.8. The van der Waals surface area contributed by atoms with E-state index in [1.807, 2.05) is 30.9 Å². The Morgan fingerprint density at radius 2 is 1.89 bits per heavy atom. The smallest absolute Gasteiger partial charge is 0.318 e. The minimum atomic E-state index is 0.0351. The van der Waals surface area contributed by atoms with E-state index in [0.29, 0.717) is 0 Å². The molecule has 0 aromatic heterocycles. The second-order valence-corrected chi connectivity index (χ2v) is 5.32. The van der Waals surface area contributed by atoms with Crippen molar-refractivity contribution < 1.29 is 4.79 Å². The van der Waals surface area contributed by atoms with Crippen LogP contribution in [0.15, 0.2) is 42.5 Å². The maximum Gasteiger partial charge on any atom is 0.318 e. The average Bonchev–Trinajstić information content (AvgIpc) is 2.80. The molecule has 3 heteroatoms. The largest absolute Gasteiger partial charge is 0.329 e. The van der Waals surface area contributed by atoms with Gasteiger partial charge >= 0.3 is 6.03 Å². The van der Waals surface area contributed by atoms with Crippen LogP contribution in [-0.2, 0) is 0 Å². The summed E-state index contributed by atoms with van der Waals surface area (Å²) < 4.78 is 0. The highest BCUT2D eigenvalue weighted by atomic mass is 16.2. The Hall–Kier alpha value is -2.03. The molecule has 1 saturated heterocycles. The van der Waals surface area contributed by atoms with Crippen LogP contribution in [-0.4, -0.2) is 23.5 Å². The summed E-state index contributed by atoms with van der Waals surface area (Å²) >= 11 is 0. The van der Waals surface area contributed by atoms with Crippen LogP contribution >= 0.6 is 0 Å². The highest BCUT2D eigenvalue weighted by Gasteiger charge is 2.31. The fourth-order valence-corrected chi connectivity index (χ4v) is 2.73. The Balaban J connectivity index is 2.00. The molecule has 1 aliphatic rings. The molecule has 3 nitrogen and oxygen atoms in total. The fourth-order valence-electron chi connectivity index (χ4n) is 2.73. The molecule has 2 aromatic carbocycles. The number of fused-ring (bicyclic) bond motifs is 1. The van der Waals surface area contributed by atoms with E-state index in [1.165, 1.54) is 16.3 Å². The number of hydrogen-bond donors (Lipinski definition) is 1. The third-order valence-corrected chi connectivity index (χ3v) is 3.76. The number of rotatable bonds is 2. The van der Waals surface area contributed by atoms with E-state index < -0.39 is 0 Å². The van der Waals surface area contributed by atoms with Crippen molar-refractivity contribution in [3.63, 3.8) is 0 Å². The molecule has 0 radical (unpaired) electrons. The molecule has 98 valence electrons. The zero-order chi connectivity index (χ0) is 13.4. The summed E-state index contributed by atoms with van der Waals surface area (Å²) in [7, 11) is 0. The first-order valence-electron chi connectivity index (χ1n) is 6.71. The van der Waals surface area contributed by atoms with Gasteiger partial charge in [0.2, 0.25) is 0 Å². The summed E-state index contributed by atoms with van der Waals surface area (Å²) in [6, 6.07) is 14.9. The molecule has 1 N–H and O–H groups in total. The number of nitrogens with zero attached hydrogens (tertiary/aromatic N) is 1. The molecule has 0 spiro atoms. The lowest BCUT2D eigenvalue weighted by Gasteiger charge is -2.19. The van der Waals surface area contributed by atoms with Gasteiger partial charge in [0.25, 0.3) is 0 Å². The molecule has 2 amide bonds. The second kappa shape index (κ2) is 4.57. The van der Waals surface area contributed by atoms with Gasteiger partial charge in [0.15, 0.2) is 0 Å². The van der Waals surface area contributed by atoms with Crippen molar-refractivity contribution in [1.29, 1.82) is 0 Å². The van der Waals surface area contributed by atoms with Crippen molar-refractivity contribution >= 4 is 16.8 Å². The molecule has 0 saturated carbocycles. The van der Waals surface area contributed by atoms with Gasteiger partial charge in [0.05, 0.1) is 6.04 Å². The van der Waals surface area contributed by atoms with Gasteiger partial charge in [-0.25, -0.2) is 4.79 Å². The molecular formula is C16H18N2O. The molecule has 1 heterocycles. The molecule has 1 aliphatic heterocycles. The summed E-state index contributed by atoms with van der Waals surface area (Å²) in [6.07, 6.45) is 0. The first kappa shape index (κ1) is 12.0. The van der Waals surface area contributed by atoms with Gasteiger partial charge in [-0.3, -0.25) is 0 Å². The van der Waals surface area contributed by atoms with Crippen LogP contribution in [0.4, 0.5) is 4.79 Å².